The summed E-state index contributed by atoms with van der Waals surface area (Å²) in [6.45, 7) is 2.04. The first-order chi connectivity index (χ1) is 14.2. The molecule has 1 N–H and O–H groups in total. The van der Waals surface area contributed by atoms with Gasteiger partial charge < -0.3 is 10.1 Å². The zero-order valence-electron chi connectivity index (χ0n) is 15.6. The number of carbonyl (C=O) groups is 1. The molecule has 0 aliphatic rings. The van der Waals surface area contributed by atoms with Crippen LogP contribution in [0.4, 0.5) is 11.5 Å². The highest BCUT2D eigenvalue weighted by Crippen LogP contribution is 2.29. The summed E-state index contributed by atoms with van der Waals surface area (Å²) in [4.78, 5) is 20.7. The number of aromatic nitrogens is 4. The molecule has 1 aromatic carbocycles. The van der Waals surface area contributed by atoms with Crippen LogP contribution in [0.1, 0.15) is 17.4 Å². The summed E-state index contributed by atoms with van der Waals surface area (Å²) < 4.78 is 4.91. The fourth-order valence-electron chi connectivity index (χ4n) is 2.63. The van der Waals surface area contributed by atoms with E-state index in [1.165, 1.54) is 0 Å². The number of hydrogen-bond donors (Lipinski definition) is 1. The van der Waals surface area contributed by atoms with Crippen molar-refractivity contribution in [2.45, 2.75) is 6.92 Å². The van der Waals surface area contributed by atoms with Gasteiger partial charge in [-0.25, -0.2) is 9.78 Å². The minimum Gasteiger partial charge on any atom is -0.461 e. The molecule has 0 unspecified atom stereocenters. The van der Waals surface area contributed by atoms with E-state index in [4.69, 9.17) is 9.72 Å². The first kappa shape index (κ1) is 18.7. The van der Waals surface area contributed by atoms with E-state index in [1.54, 1.807) is 36.6 Å². The van der Waals surface area contributed by atoms with E-state index in [9.17, 15) is 4.79 Å². The van der Waals surface area contributed by atoms with Crippen molar-refractivity contribution < 1.29 is 9.53 Å². The van der Waals surface area contributed by atoms with Crippen LogP contribution in [0.5, 0.6) is 0 Å². The highest BCUT2D eigenvalue weighted by Gasteiger charge is 2.10. The number of hydrogen-bond acceptors (Lipinski definition) is 8. The minimum absolute atomic E-state index is 0.177. The highest BCUT2D eigenvalue weighted by molar-refractivity contribution is 7.13. The summed E-state index contributed by atoms with van der Waals surface area (Å²) >= 11 is 1.56. The lowest BCUT2D eigenvalue weighted by atomic mass is 10.1. The van der Waals surface area contributed by atoms with Crippen LogP contribution in [0.2, 0.25) is 0 Å². The zero-order valence-corrected chi connectivity index (χ0v) is 16.4. The molecule has 0 aliphatic heterocycles. The molecule has 0 fully saturated rings. The maximum atomic E-state index is 11.7. The van der Waals surface area contributed by atoms with Crippen LogP contribution in [-0.2, 0) is 4.74 Å². The highest BCUT2D eigenvalue weighted by atomic mass is 32.1. The Morgan fingerprint density at radius 1 is 1.07 bits per heavy atom. The van der Waals surface area contributed by atoms with Crippen LogP contribution in [-0.4, -0.2) is 32.7 Å². The van der Waals surface area contributed by atoms with Gasteiger partial charge in [0.1, 0.15) is 5.01 Å². The third-order valence-electron chi connectivity index (χ3n) is 3.97. The Labute approximate surface area is 171 Å². The van der Waals surface area contributed by atoms with E-state index in [1.807, 2.05) is 47.8 Å². The van der Waals surface area contributed by atoms with E-state index < -0.39 is 5.97 Å². The minimum atomic E-state index is -0.485. The molecule has 3 heterocycles. The van der Waals surface area contributed by atoms with Crippen LogP contribution >= 0.6 is 11.3 Å². The second-order valence-corrected chi connectivity index (χ2v) is 6.84. The molecule has 0 radical (unpaired) electrons. The van der Waals surface area contributed by atoms with Crippen molar-refractivity contribution in [3.63, 3.8) is 0 Å². The lowest BCUT2D eigenvalue weighted by Gasteiger charge is -2.07. The quantitative estimate of drug-likeness (QED) is 0.471. The van der Waals surface area contributed by atoms with Crippen LogP contribution in [0, 0.1) is 0 Å². The number of pyridine rings is 1. The number of carbonyl (C=O) groups excluding carboxylic acids is 1. The Morgan fingerprint density at radius 2 is 2.00 bits per heavy atom. The zero-order chi connectivity index (χ0) is 20.1. The molecule has 4 aromatic rings. The lowest BCUT2D eigenvalue weighted by Crippen LogP contribution is -2.08. The molecule has 0 saturated heterocycles. The van der Waals surface area contributed by atoms with Gasteiger partial charge in [0.2, 0.25) is 0 Å². The Bertz CT molecular complexity index is 1110. The second-order valence-electron chi connectivity index (χ2n) is 5.98. The van der Waals surface area contributed by atoms with Gasteiger partial charge >= 0.3 is 5.97 Å². The van der Waals surface area contributed by atoms with E-state index in [2.05, 4.69) is 20.5 Å². The normalized spacial score (nSPS) is 10.5. The van der Waals surface area contributed by atoms with Gasteiger partial charge in [-0.15, -0.1) is 21.5 Å². The number of nitrogens with one attached hydrogen (secondary N) is 1. The molecule has 3 aromatic heterocycles. The number of anilines is 2. The van der Waals surface area contributed by atoms with Gasteiger partial charge in [0, 0.05) is 22.8 Å². The third kappa shape index (κ3) is 4.44. The fraction of sp³-hybridized carbons (Fsp3) is 0.0952. The van der Waals surface area contributed by atoms with E-state index in [-0.39, 0.29) is 5.69 Å². The van der Waals surface area contributed by atoms with Crippen LogP contribution < -0.4 is 5.32 Å². The molecular formula is C21H17N5O2S. The number of benzene rings is 1. The average Bonchev–Trinajstić information content (AvgIpc) is 3.26. The number of nitrogens with zero attached hydrogens (tertiary/aromatic N) is 4. The van der Waals surface area contributed by atoms with E-state index in [0.717, 1.165) is 27.6 Å². The van der Waals surface area contributed by atoms with Crippen molar-refractivity contribution in [1.82, 2.24) is 20.2 Å². The molecule has 0 spiro atoms. The average molecular weight is 403 g/mol. The Morgan fingerprint density at radius 3 is 2.76 bits per heavy atom. The summed E-state index contributed by atoms with van der Waals surface area (Å²) in [5, 5.41) is 14.0. The van der Waals surface area contributed by atoms with Crippen molar-refractivity contribution in [2.75, 3.05) is 11.9 Å². The molecule has 0 atom stereocenters. The third-order valence-corrected chi connectivity index (χ3v) is 4.83. The first-order valence-electron chi connectivity index (χ1n) is 8.98. The number of ether oxygens (including phenoxy) is 1. The summed E-state index contributed by atoms with van der Waals surface area (Å²) in [5.41, 5.74) is 3.73. The molecule has 8 heteroatoms. The van der Waals surface area contributed by atoms with Crippen molar-refractivity contribution in [1.29, 1.82) is 0 Å². The summed E-state index contributed by atoms with van der Waals surface area (Å²) in [6, 6.07) is 16.9. The van der Waals surface area contributed by atoms with Crippen LogP contribution in [0.25, 0.3) is 22.0 Å². The van der Waals surface area contributed by atoms with Crippen molar-refractivity contribution in [3.8, 4) is 22.0 Å². The number of esters is 1. The molecular weight excluding hydrogens is 386 g/mol. The molecule has 0 saturated carbocycles. The predicted octanol–water partition coefficient (Wildman–Crippen LogP) is 4.58. The number of rotatable bonds is 6. The Balaban J connectivity index is 1.51. The summed E-state index contributed by atoms with van der Waals surface area (Å²) in [7, 11) is 0. The number of thiazole rings is 1. The topological polar surface area (TPSA) is 89.9 Å². The molecule has 0 bridgehead atoms. The Hall–Kier alpha value is -3.65. The van der Waals surface area contributed by atoms with Crippen LogP contribution in [0.15, 0.2) is 66.2 Å². The Kier molecular flexibility index (Phi) is 5.53. The molecule has 0 aliphatic carbocycles. The van der Waals surface area contributed by atoms with Crippen molar-refractivity contribution >= 4 is 28.8 Å². The standard InChI is InChI=1S/C21H17N5O2S/c1-2-28-21(27)17-9-10-19(26-25-17)23-15-7-5-6-14(12-15)18-13-29-20(24-18)16-8-3-4-11-22-16/h3-13H,2H2,1H3,(H,23,26). The molecule has 29 heavy (non-hydrogen) atoms. The fourth-order valence-corrected chi connectivity index (χ4v) is 3.43. The lowest BCUT2D eigenvalue weighted by molar-refractivity contribution is 0.0518. The summed E-state index contributed by atoms with van der Waals surface area (Å²) in [5.74, 6) is 0.0449. The first-order valence-corrected chi connectivity index (χ1v) is 9.86. The van der Waals surface area contributed by atoms with E-state index >= 15 is 0 Å². The molecule has 4 rings (SSSR count). The predicted molar refractivity (Wildman–Crippen MR) is 112 cm³/mol. The van der Waals surface area contributed by atoms with Gasteiger partial charge in [0.15, 0.2) is 11.5 Å². The second kappa shape index (κ2) is 8.57. The van der Waals surface area contributed by atoms with Crippen molar-refractivity contribution in [2.24, 2.45) is 0 Å². The molecule has 144 valence electrons. The van der Waals surface area contributed by atoms with Gasteiger partial charge in [0.05, 0.1) is 18.0 Å². The van der Waals surface area contributed by atoms with Gasteiger partial charge in [-0.05, 0) is 43.3 Å². The molecule has 0 amide bonds. The monoisotopic (exact) mass is 403 g/mol. The maximum absolute atomic E-state index is 11.7. The molecule has 7 nitrogen and oxygen atoms in total. The van der Waals surface area contributed by atoms with Gasteiger partial charge in [-0.1, -0.05) is 18.2 Å². The van der Waals surface area contributed by atoms with Crippen LogP contribution in [0.3, 0.4) is 0 Å². The smallest absolute Gasteiger partial charge is 0.358 e. The van der Waals surface area contributed by atoms with Gasteiger partial charge in [0.25, 0.3) is 0 Å². The summed E-state index contributed by atoms with van der Waals surface area (Å²) in [6.07, 6.45) is 1.76. The SMILES string of the molecule is CCOC(=O)c1ccc(Nc2cccc(-c3csc(-c4ccccn4)n3)c2)nn1. The van der Waals surface area contributed by atoms with Gasteiger partial charge in [-0.2, -0.15) is 0 Å². The largest absolute Gasteiger partial charge is 0.461 e. The maximum Gasteiger partial charge on any atom is 0.358 e. The van der Waals surface area contributed by atoms with E-state index in [0.29, 0.717) is 12.4 Å². The van der Waals surface area contributed by atoms with Crippen molar-refractivity contribution in [3.05, 3.63) is 71.9 Å². The van der Waals surface area contributed by atoms with Gasteiger partial charge in [-0.3, -0.25) is 4.98 Å².